The molecule has 6 heteroatoms. The fourth-order valence-electron chi connectivity index (χ4n) is 2.96. The van der Waals surface area contributed by atoms with E-state index in [1.54, 1.807) is 23.1 Å². The zero-order chi connectivity index (χ0) is 13.9. The molecule has 20 heavy (non-hydrogen) atoms. The van der Waals surface area contributed by atoms with Gasteiger partial charge in [-0.2, -0.15) is 0 Å². The Morgan fingerprint density at radius 1 is 1.40 bits per heavy atom. The van der Waals surface area contributed by atoms with Crippen LogP contribution in [0.4, 0.5) is 0 Å². The second-order valence-electron chi connectivity index (χ2n) is 5.54. The molecule has 0 aliphatic heterocycles. The van der Waals surface area contributed by atoms with Crippen LogP contribution in [0.25, 0.3) is 0 Å². The van der Waals surface area contributed by atoms with Crippen molar-refractivity contribution in [2.24, 2.45) is 5.92 Å². The molecule has 0 bridgehead atoms. The molecule has 0 unspecified atom stereocenters. The molecular weight excluding hydrogens is 288 g/mol. The summed E-state index contributed by atoms with van der Waals surface area (Å²) in [5.74, 6) is 2.75. The minimum Gasteiger partial charge on any atom is -0.303 e. The molecule has 2 atom stereocenters. The molecule has 0 radical (unpaired) electrons. The first kappa shape index (κ1) is 14.1. The number of aryl methyl sites for hydroxylation is 1. The lowest BCUT2D eigenvalue weighted by Crippen LogP contribution is -2.19. The topological polar surface area (TPSA) is 43.6 Å². The standard InChI is InChI=1S/C14H20N4S2/c1-10-4-3-5-12(8-10)18-11(2)16-17-14(18)20-9-13-15-6-7-19-13/h6-7,10,12H,3-5,8-9H2,1-2H3/t10-,12+/m0/s1. The second kappa shape index (κ2) is 6.26. The summed E-state index contributed by atoms with van der Waals surface area (Å²) in [6.07, 6.45) is 7.05. The number of thioether (sulfide) groups is 1. The first-order valence-electron chi connectivity index (χ1n) is 7.16. The number of hydrogen-bond acceptors (Lipinski definition) is 5. The van der Waals surface area contributed by atoms with Gasteiger partial charge in [0.1, 0.15) is 10.8 Å². The van der Waals surface area contributed by atoms with E-state index in [-0.39, 0.29) is 0 Å². The Bertz CT molecular complexity index is 550. The maximum Gasteiger partial charge on any atom is 0.191 e. The number of thiazole rings is 1. The maximum absolute atomic E-state index is 4.37. The molecule has 0 amide bonds. The van der Waals surface area contributed by atoms with Gasteiger partial charge < -0.3 is 4.57 Å². The van der Waals surface area contributed by atoms with Gasteiger partial charge in [0.25, 0.3) is 0 Å². The fourth-order valence-corrected chi connectivity index (χ4v) is 4.65. The lowest BCUT2D eigenvalue weighted by Gasteiger charge is -2.29. The molecule has 1 aliphatic carbocycles. The van der Waals surface area contributed by atoms with Crippen LogP contribution in [0.1, 0.15) is 49.5 Å². The number of nitrogens with zero attached hydrogens (tertiary/aromatic N) is 4. The van der Waals surface area contributed by atoms with Crippen LogP contribution in [-0.4, -0.2) is 19.7 Å². The van der Waals surface area contributed by atoms with Crippen LogP contribution in [-0.2, 0) is 5.75 Å². The third-order valence-corrected chi connectivity index (χ3v) is 5.83. The molecule has 1 aliphatic rings. The average Bonchev–Trinajstić information content (AvgIpc) is 3.06. The highest BCUT2D eigenvalue weighted by molar-refractivity contribution is 7.98. The van der Waals surface area contributed by atoms with Crippen LogP contribution >= 0.6 is 23.1 Å². The second-order valence-corrected chi connectivity index (χ2v) is 7.46. The summed E-state index contributed by atoms with van der Waals surface area (Å²) in [7, 11) is 0. The van der Waals surface area contributed by atoms with E-state index < -0.39 is 0 Å². The molecule has 1 saturated carbocycles. The van der Waals surface area contributed by atoms with Crippen molar-refractivity contribution < 1.29 is 0 Å². The lowest BCUT2D eigenvalue weighted by atomic mass is 9.87. The number of aromatic nitrogens is 4. The van der Waals surface area contributed by atoms with Gasteiger partial charge in [-0.25, -0.2) is 4.98 Å². The molecular formula is C14H20N4S2. The van der Waals surface area contributed by atoms with Gasteiger partial charge in [0.05, 0.1) is 5.75 Å². The van der Waals surface area contributed by atoms with Crippen molar-refractivity contribution in [1.82, 2.24) is 19.7 Å². The van der Waals surface area contributed by atoms with E-state index in [0.717, 1.165) is 27.7 Å². The molecule has 3 rings (SSSR count). The predicted molar refractivity (Wildman–Crippen MR) is 83.1 cm³/mol. The molecule has 0 aromatic carbocycles. The SMILES string of the molecule is Cc1nnc(SCc2nccs2)n1[C@@H]1CCC[C@H](C)C1. The highest BCUT2D eigenvalue weighted by Gasteiger charge is 2.24. The van der Waals surface area contributed by atoms with Crippen LogP contribution in [0.15, 0.2) is 16.7 Å². The third kappa shape index (κ3) is 3.06. The highest BCUT2D eigenvalue weighted by atomic mass is 32.2. The normalized spacial score (nSPS) is 23.1. The quantitative estimate of drug-likeness (QED) is 0.798. The number of rotatable bonds is 4. The third-order valence-electron chi connectivity index (χ3n) is 3.92. The van der Waals surface area contributed by atoms with Gasteiger partial charge in [-0.15, -0.1) is 21.5 Å². The monoisotopic (exact) mass is 308 g/mol. The Morgan fingerprint density at radius 3 is 3.05 bits per heavy atom. The Balaban J connectivity index is 1.74. The van der Waals surface area contributed by atoms with Crippen LogP contribution in [0.2, 0.25) is 0 Å². The minimum absolute atomic E-state index is 0.576. The Labute approximate surface area is 128 Å². The highest BCUT2D eigenvalue weighted by Crippen LogP contribution is 2.35. The van der Waals surface area contributed by atoms with Gasteiger partial charge in [-0.1, -0.05) is 31.5 Å². The van der Waals surface area contributed by atoms with Crippen molar-refractivity contribution in [3.8, 4) is 0 Å². The summed E-state index contributed by atoms with van der Waals surface area (Å²) < 4.78 is 2.36. The minimum atomic E-state index is 0.576. The van der Waals surface area contributed by atoms with Crippen LogP contribution in [0.5, 0.6) is 0 Å². The number of hydrogen-bond donors (Lipinski definition) is 0. The fraction of sp³-hybridized carbons (Fsp3) is 0.643. The molecule has 0 N–H and O–H groups in total. The first-order chi connectivity index (χ1) is 9.74. The van der Waals surface area contributed by atoms with E-state index in [1.165, 1.54) is 25.7 Å². The largest absolute Gasteiger partial charge is 0.303 e. The molecule has 0 saturated heterocycles. The Kier molecular flexibility index (Phi) is 4.41. The first-order valence-corrected chi connectivity index (χ1v) is 9.03. The molecule has 1 fully saturated rings. The van der Waals surface area contributed by atoms with Crippen molar-refractivity contribution in [1.29, 1.82) is 0 Å². The van der Waals surface area contributed by atoms with E-state index in [1.807, 2.05) is 11.6 Å². The molecule has 108 valence electrons. The van der Waals surface area contributed by atoms with Gasteiger partial charge in [0, 0.05) is 17.6 Å². The Morgan fingerprint density at radius 2 is 2.30 bits per heavy atom. The zero-order valence-electron chi connectivity index (χ0n) is 12.0. The summed E-state index contributed by atoms with van der Waals surface area (Å²) >= 11 is 3.46. The van der Waals surface area contributed by atoms with Gasteiger partial charge in [-0.05, 0) is 25.7 Å². The summed E-state index contributed by atoms with van der Waals surface area (Å²) in [5, 5.41) is 12.9. The van der Waals surface area contributed by atoms with E-state index in [9.17, 15) is 0 Å². The Hall–Kier alpha value is -0.880. The molecule has 2 aromatic heterocycles. The van der Waals surface area contributed by atoms with Gasteiger partial charge in [0.15, 0.2) is 5.16 Å². The summed E-state index contributed by atoms with van der Waals surface area (Å²) in [6, 6.07) is 0.576. The van der Waals surface area contributed by atoms with Gasteiger partial charge in [0.2, 0.25) is 0 Å². The zero-order valence-corrected chi connectivity index (χ0v) is 13.6. The summed E-state index contributed by atoms with van der Waals surface area (Å²) in [5.41, 5.74) is 0. The van der Waals surface area contributed by atoms with Crippen molar-refractivity contribution in [2.75, 3.05) is 0 Å². The van der Waals surface area contributed by atoms with Crippen molar-refractivity contribution in [3.63, 3.8) is 0 Å². The van der Waals surface area contributed by atoms with Crippen molar-refractivity contribution in [3.05, 3.63) is 22.4 Å². The van der Waals surface area contributed by atoms with Crippen LogP contribution in [0, 0.1) is 12.8 Å². The van der Waals surface area contributed by atoms with Crippen LogP contribution < -0.4 is 0 Å². The summed E-state index contributed by atoms with van der Waals surface area (Å²) in [6.45, 7) is 4.42. The van der Waals surface area contributed by atoms with Crippen LogP contribution in [0.3, 0.4) is 0 Å². The van der Waals surface area contributed by atoms with Crippen molar-refractivity contribution >= 4 is 23.1 Å². The van der Waals surface area contributed by atoms with Crippen molar-refractivity contribution in [2.45, 2.75) is 56.5 Å². The molecule has 2 heterocycles. The smallest absolute Gasteiger partial charge is 0.191 e. The van der Waals surface area contributed by atoms with E-state index in [4.69, 9.17) is 0 Å². The molecule has 4 nitrogen and oxygen atoms in total. The van der Waals surface area contributed by atoms with Gasteiger partial charge in [-0.3, -0.25) is 0 Å². The molecule has 2 aromatic rings. The average molecular weight is 308 g/mol. The predicted octanol–water partition coefficient (Wildman–Crippen LogP) is 4.09. The maximum atomic E-state index is 4.37. The van der Waals surface area contributed by atoms with E-state index in [0.29, 0.717) is 6.04 Å². The lowest BCUT2D eigenvalue weighted by molar-refractivity contribution is 0.268. The van der Waals surface area contributed by atoms with Gasteiger partial charge >= 0.3 is 0 Å². The van der Waals surface area contributed by atoms with E-state index >= 15 is 0 Å². The van der Waals surface area contributed by atoms with E-state index in [2.05, 4.69) is 33.6 Å². The summed E-state index contributed by atoms with van der Waals surface area (Å²) in [4.78, 5) is 4.33. The molecule has 0 spiro atoms.